The van der Waals surface area contributed by atoms with E-state index in [1.807, 2.05) is 6.92 Å². The van der Waals surface area contributed by atoms with Crippen LogP contribution in [0, 0.1) is 17.8 Å². The van der Waals surface area contributed by atoms with Crippen molar-refractivity contribution in [3.8, 4) is 0 Å². The molecule has 6 atom stereocenters. The van der Waals surface area contributed by atoms with E-state index in [0.29, 0.717) is 12.8 Å². The van der Waals surface area contributed by atoms with Gasteiger partial charge in [0.25, 0.3) is 0 Å². The maximum Gasteiger partial charge on any atom is 0.210 e. The number of hydrogen-bond donors (Lipinski definition) is 5. The lowest BCUT2D eigenvalue weighted by Crippen LogP contribution is -2.50. The van der Waals surface area contributed by atoms with Crippen molar-refractivity contribution in [3.05, 3.63) is 11.5 Å². The van der Waals surface area contributed by atoms with E-state index < -0.39 is 53.9 Å². The Kier molecular flexibility index (Phi) is 4.39. The quantitative estimate of drug-likeness (QED) is 0.444. The molecule has 2 fully saturated rings. The maximum atomic E-state index is 12.4. The van der Waals surface area contributed by atoms with Crippen molar-refractivity contribution in [1.82, 2.24) is 0 Å². The minimum Gasteiger partial charge on any atom is -0.502 e. The van der Waals surface area contributed by atoms with Gasteiger partial charge in [-0.1, -0.05) is 6.92 Å². The molecule has 2 saturated carbocycles. The largest absolute Gasteiger partial charge is 0.502 e. The second kappa shape index (κ2) is 6.05. The van der Waals surface area contributed by atoms with Crippen LogP contribution in [0.5, 0.6) is 0 Å². The molecule has 0 bridgehead atoms. The first-order valence-corrected chi connectivity index (χ1v) is 8.15. The lowest BCUT2D eigenvalue weighted by Gasteiger charge is -2.43. The van der Waals surface area contributed by atoms with Crippen molar-refractivity contribution in [2.75, 3.05) is 0 Å². The van der Waals surface area contributed by atoms with Crippen molar-refractivity contribution in [2.24, 2.45) is 17.8 Å². The van der Waals surface area contributed by atoms with Crippen molar-refractivity contribution in [2.45, 2.75) is 63.1 Å². The van der Waals surface area contributed by atoms with Crippen LogP contribution in [0.3, 0.4) is 0 Å². The van der Waals surface area contributed by atoms with Crippen LogP contribution >= 0.6 is 0 Å². The van der Waals surface area contributed by atoms with Crippen molar-refractivity contribution in [3.63, 3.8) is 0 Å². The topological polar surface area (TPSA) is 127 Å². The molecule has 0 aromatic carbocycles. The van der Waals surface area contributed by atoms with E-state index >= 15 is 0 Å². The molecule has 0 aromatic rings. The molecule has 3 aliphatic rings. The molecule has 23 heavy (non-hydrogen) atoms. The third-order valence-corrected chi connectivity index (χ3v) is 5.35. The molecule has 0 amide bonds. The first-order valence-electron chi connectivity index (χ1n) is 8.15. The van der Waals surface area contributed by atoms with Gasteiger partial charge in [0.05, 0.1) is 24.2 Å². The van der Waals surface area contributed by atoms with Gasteiger partial charge in [0, 0.05) is 5.92 Å². The number of fused-ring (bicyclic) bond motifs is 1. The minimum absolute atomic E-state index is 0.0718. The number of aliphatic hydroxyl groups is 5. The number of carbonyl (C=O) groups is 1. The Hall–Kier alpha value is -1.15. The third kappa shape index (κ3) is 2.87. The van der Waals surface area contributed by atoms with Crippen LogP contribution in [0.15, 0.2) is 11.5 Å². The molecule has 130 valence electrons. The third-order valence-electron chi connectivity index (χ3n) is 5.35. The first-order chi connectivity index (χ1) is 10.8. The van der Waals surface area contributed by atoms with Crippen molar-refractivity contribution in [1.29, 1.82) is 0 Å². The van der Waals surface area contributed by atoms with Gasteiger partial charge in [-0.05, 0) is 31.6 Å². The average Bonchev–Trinajstić information content (AvgIpc) is 2.47. The highest BCUT2D eigenvalue weighted by Crippen LogP contribution is 2.42. The Morgan fingerprint density at radius 1 is 0.957 bits per heavy atom. The SMILES string of the molecule is CC1CC(O)C2C(=O)C(O)=C(C3CC(O)C(O)C(O)C3)OC2C1. The number of ether oxygens (including phenoxy) is 1. The molecule has 1 aliphatic heterocycles. The van der Waals surface area contributed by atoms with E-state index in [1.165, 1.54) is 0 Å². The molecule has 7 nitrogen and oxygen atoms in total. The zero-order valence-electron chi connectivity index (χ0n) is 13.0. The second-order valence-corrected chi connectivity index (χ2v) is 7.20. The smallest absolute Gasteiger partial charge is 0.210 e. The van der Waals surface area contributed by atoms with Gasteiger partial charge in [0.2, 0.25) is 5.78 Å². The standard InChI is InChI=1S/C16H24O7/c1-6-2-8(17)12-11(3-6)23-16(15(22)14(12)21)7-4-9(18)13(20)10(19)5-7/h6-13,17-20,22H,2-5H2,1H3. The second-order valence-electron chi connectivity index (χ2n) is 7.20. The van der Waals surface area contributed by atoms with Gasteiger partial charge in [-0.3, -0.25) is 4.79 Å². The summed E-state index contributed by atoms with van der Waals surface area (Å²) in [6, 6.07) is 0. The Morgan fingerprint density at radius 3 is 2.17 bits per heavy atom. The van der Waals surface area contributed by atoms with Gasteiger partial charge >= 0.3 is 0 Å². The van der Waals surface area contributed by atoms with Crippen LogP contribution in [0.1, 0.15) is 32.6 Å². The summed E-state index contributed by atoms with van der Waals surface area (Å²) in [5.74, 6) is -2.10. The Balaban J connectivity index is 1.86. The van der Waals surface area contributed by atoms with Crippen molar-refractivity contribution < 1.29 is 35.1 Å². The summed E-state index contributed by atoms with van der Waals surface area (Å²) in [4.78, 5) is 12.4. The van der Waals surface area contributed by atoms with Gasteiger partial charge in [-0.25, -0.2) is 0 Å². The Bertz CT molecular complexity index is 505. The van der Waals surface area contributed by atoms with E-state index in [4.69, 9.17) is 4.74 Å². The lowest BCUT2D eigenvalue weighted by atomic mass is 9.73. The minimum atomic E-state index is -1.24. The molecule has 1 heterocycles. The number of Topliss-reactive ketones (excluding diaryl/α,β-unsaturated/α-hetero) is 1. The number of allylic oxidation sites excluding steroid dienone is 2. The number of hydrogen-bond acceptors (Lipinski definition) is 7. The molecule has 0 radical (unpaired) electrons. The van der Waals surface area contributed by atoms with Gasteiger partial charge in [0.1, 0.15) is 18.0 Å². The van der Waals surface area contributed by atoms with Gasteiger partial charge in [-0.2, -0.15) is 0 Å². The fourth-order valence-electron chi connectivity index (χ4n) is 4.13. The summed E-state index contributed by atoms with van der Waals surface area (Å²) in [5.41, 5.74) is 0. The molecule has 0 spiro atoms. The maximum absolute atomic E-state index is 12.4. The number of rotatable bonds is 1. The summed E-state index contributed by atoms with van der Waals surface area (Å²) in [7, 11) is 0. The first kappa shape index (κ1) is 16.7. The molecule has 0 saturated heterocycles. The summed E-state index contributed by atoms with van der Waals surface area (Å²) < 4.78 is 5.83. The molecule has 0 aromatic heterocycles. The number of carbonyl (C=O) groups excluding carboxylic acids is 1. The number of aliphatic hydroxyl groups excluding tert-OH is 5. The van der Waals surface area contributed by atoms with Crippen LogP contribution in [-0.4, -0.2) is 61.8 Å². The summed E-state index contributed by atoms with van der Waals surface area (Å²) >= 11 is 0. The highest BCUT2D eigenvalue weighted by Gasteiger charge is 2.49. The molecule has 2 aliphatic carbocycles. The van der Waals surface area contributed by atoms with E-state index in [1.54, 1.807) is 0 Å². The monoisotopic (exact) mass is 328 g/mol. The summed E-state index contributed by atoms with van der Waals surface area (Å²) in [5, 5.41) is 49.6. The molecule has 7 heteroatoms. The van der Waals surface area contributed by atoms with Crippen LogP contribution in [0.4, 0.5) is 0 Å². The Labute approximate surface area is 134 Å². The fourth-order valence-corrected chi connectivity index (χ4v) is 4.13. The molecule has 6 unspecified atom stereocenters. The molecule has 5 N–H and O–H groups in total. The normalized spacial score (nSPS) is 48.0. The molecular weight excluding hydrogens is 304 g/mol. The zero-order valence-corrected chi connectivity index (χ0v) is 13.0. The predicted molar refractivity (Wildman–Crippen MR) is 78.2 cm³/mol. The predicted octanol–water partition coefficient (Wildman–Crippen LogP) is -0.376. The van der Waals surface area contributed by atoms with E-state index in [2.05, 4.69) is 0 Å². The highest BCUT2D eigenvalue weighted by molar-refractivity contribution is 5.97. The number of ketones is 1. The summed E-state index contributed by atoms with van der Waals surface area (Å²) in [6.07, 6.45) is -3.58. The lowest BCUT2D eigenvalue weighted by molar-refractivity contribution is -0.148. The van der Waals surface area contributed by atoms with Gasteiger partial charge in [-0.15, -0.1) is 0 Å². The van der Waals surface area contributed by atoms with E-state index in [-0.39, 0.29) is 24.5 Å². The average molecular weight is 328 g/mol. The van der Waals surface area contributed by atoms with Crippen LogP contribution in [-0.2, 0) is 9.53 Å². The highest BCUT2D eigenvalue weighted by atomic mass is 16.5. The van der Waals surface area contributed by atoms with Crippen molar-refractivity contribution >= 4 is 5.78 Å². The Morgan fingerprint density at radius 2 is 1.57 bits per heavy atom. The molecule has 3 rings (SSSR count). The molecular formula is C16H24O7. The zero-order chi connectivity index (χ0) is 16.9. The van der Waals surface area contributed by atoms with Gasteiger partial charge in [0.15, 0.2) is 5.76 Å². The van der Waals surface area contributed by atoms with E-state index in [9.17, 15) is 30.3 Å². The van der Waals surface area contributed by atoms with E-state index in [0.717, 1.165) is 0 Å². The fraction of sp³-hybridized carbons (Fsp3) is 0.812. The van der Waals surface area contributed by atoms with Crippen LogP contribution in [0.2, 0.25) is 0 Å². The van der Waals surface area contributed by atoms with Crippen LogP contribution < -0.4 is 0 Å². The van der Waals surface area contributed by atoms with Crippen LogP contribution in [0.25, 0.3) is 0 Å². The van der Waals surface area contributed by atoms with Gasteiger partial charge < -0.3 is 30.3 Å². The summed E-state index contributed by atoms with van der Waals surface area (Å²) in [6.45, 7) is 1.97.